The molecule has 4 atom stereocenters. The van der Waals surface area contributed by atoms with Crippen LogP contribution in [0.25, 0.3) is 0 Å². The Balaban J connectivity index is 1.88. The molecule has 4 nitrogen and oxygen atoms in total. The van der Waals surface area contributed by atoms with Crippen molar-refractivity contribution in [1.82, 2.24) is 0 Å². The highest BCUT2D eigenvalue weighted by atomic mass is 16.5. The van der Waals surface area contributed by atoms with E-state index in [0.29, 0.717) is 5.56 Å². The molecule has 21 heavy (non-hydrogen) atoms. The van der Waals surface area contributed by atoms with Crippen molar-refractivity contribution in [2.24, 2.45) is 17.8 Å². The monoisotopic (exact) mass is 283 g/mol. The first-order valence-electron chi connectivity index (χ1n) is 7.36. The van der Waals surface area contributed by atoms with Crippen molar-refractivity contribution in [2.45, 2.75) is 18.4 Å². The first-order chi connectivity index (χ1) is 10.2. The quantitative estimate of drug-likeness (QED) is 0.635. The number of rotatable bonds is 1. The van der Waals surface area contributed by atoms with Crippen LogP contribution in [0.2, 0.25) is 0 Å². The predicted octanol–water partition coefficient (Wildman–Crippen LogP) is 2.42. The minimum absolute atomic E-state index is 0.0348. The lowest BCUT2D eigenvalue weighted by molar-refractivity contribution is -0.151. The Hall–Kier alpha value is -2.10. The van der Waals surface area contributed by atoms with Crippen LogP contribution in [0, 0.1) is 17.8 Å². The first kappa shape index (κ1) is 12.6. The van der Waals surface area contributed by atoms with Crippen LogP contribution >= 0.6 is 0 Å². The number of allylic oxidation sites excluding steroid dienone is 1. The summed E-state index contributed by atoms with van der Waals surface area (Å²) in [5.41, 5.74) is 0.666. The molecule has 1 saturated carbocycles. The van der Waals surface area contributed by atoms with Crippen molar-refractivity contribution < 1.29 is 14.3 Å². The summed E-state index contributed by atoms with van der Waals surface area (Å²) < 4.78 is 5.01. The third-order valence-corrected chi connectivity index (χ3v) is 5.25. The SMILES string of the molecule is COC(=O)[C@H]1[C@H]2C=C[C@H](CC2)[C@@]12Nc1ccccc1C2=O. The molecule has 1 aliphatic heterocycles. The van der Waals surface area contributed by atoms with Crippen LogP contribution in [0.15, 0.2) is 36.4 Å². The van der Waals surface area contributed by atoms with Gasteiger partial charge in [-0.05, 0) is 30.9 Å². The third-order valence-electron chi connectivity index (χ3n) is 5.25. The minimum atomic E-state index is -0.853. The molecule has 1 aromatic rings. The number of ketones is 1. The van der Waals surface area contributed by atoms with Crippen molar-refractivity contribution in [1.29, 1.82) is 0 Å². The molecule has 4 heteroatoms. The van der Waals surface area contributed by atoms with Gasteiger partial charge in [-0.15, -0.1) is 0 Å². The van der Waals surface area contributed by atoms with Gasteiger partial charge >= 0.3 is 5.97 Å². The highest BCUT2D eigenvalue weighted by Gasteiger charge is 2.63. The number of nitrogens with one attached hydrogen (secondary N) is 1. The highest BCUT2D eigenvalue weighted by Crippen LogP contribution is 2.53. The molecule has 0 amide bonds. The van der Waals surface area contributed by atoms with E-state index in [1.807, 2.05) is 24.3 Å². The molecule has 1 heterocycles. The van der Waals surface area contributed by atoms with Gasteiger partial charge in [-0.1, -0.05) is 24.3 Å². The van der Waals surface area contributed by atoms with Crippen molar-refractivity contribution in [3.8, 4) is 0 Å². The van der Waals surface area contributed by atoms with Gasteiger partial charge < -0.3 is 10.1 Å². The number of carbonyl (C=O) groups is 2. The summed E-state index contributed by atoms with van der Waals surface area (Å²) in [4.78, 5) is 25.5. The molecule has 0 aromatic heterocycles. The first-order valence-corrected chi connectivity index (χ1v) is 7.36. The van der Waals surface area contributed by atoms with Crippen molar-refractivity contribution >= 4 is 17.4 Å². The molecule has 108 valence electrons. The van der Waals surface area contributed by atoms with E-state index in [1.165, 1.54) is 7.11 Å². The normalized spacial score (nSPS) is 35.7. The zero-order chi connectivity index (χ0) is 14.6. The van der Waals surface area contributed by atoms with Gasteiger partial charge in [0.25, 0.3) is 0 Å². The van der Waals surface area contributed by atoms with Crippen LogP contribution in [0.5, 0.6) is 0 Å². The summed E-state index contributed by atoms with van der Waals surface area (Å²) in [6, 6.07) is 7.51. The summed E-state index contributed by atoms with van der Waals surface area (Å²) in [5, 5.41) is 3.39. The van der Waals surface area contributed by atoms with Gasteiger partial charge in [0.2, 0.25) is 0 Å². The van der Waals surface area contributed by atoms with Gasteiger partial charge in [-0.2, -0.15) is 0 Å². The average Bonchev–Trinajstić information content (AvgIpc) is 2.81. The van der Waals surface area contributed by atoms with E-state index in [9.17, 15) is 9.59 Å². The molecule has 4 aliphatic rings. The maximum absolute atomic E-state index is 13.1. The van der Waals surface area contributed by atoms with Crippen LogP contribution in [0.3, 0.4) is 0 Å². The lowest BCUT2D eigenvalue weighted by Crippen LogP contribution is -2.63. The van der Waals surface area contributed by atoms with Gasteiger partial charge in [-0.3, -0.25) is 9.59 Å². The fourth-order valence-electron chi connectivity index (χ4n) is 4.33. The molecule has 2 bridgehead atoms. The molecule has 0 saturated heterocycles. The summed E-state index contributed by atoms with van der Waals surface area (Å²) >= 11 is 0. The van der Waals surface area contributed by atoms with Crippen molar-refractivity contribution in [3.63, 3.8) is 0 Å². The summed E-state index contributed by atoms with van der Waals surface area (Å²) in [6.07, 6.45) is 6.05. The summed E-state index contributed by atoms with van der Waals surface area (Å²) in [7, 11) is 1.40. The molecular weight excluding hydrogens is 266 g/mol. The molecule has 1 aromatic carbocycles. The van der Waals surface area contributed by atoms with E-state index in [4.69, 9.17) is 4.74 Å². The number of Topliss-reactive ketones (excluding diaryl/α,β-unsaturated/α-hetero) is 1. The molecule has 0 unspecified atom stereocenters. The number of hydrogen-bond donors (Lipinski definition) is 1. The molecular formula is C17H17NO3. The highest BCUT2D eigenvalue weighted by molar-refractivity contribution is 6.16. The Labute approximate surface area is 123 Å². The van der Waals surface area contributed by atoms with E-state index < -0.39 is 11.5 Å². The second-order valence-corrected chi connectivity index (χ2v) is 6.10. The van der Waals surface area contributed by atoms with Crippen molar-refractivity contribution in [2.75, 3.05) is 12.4 Å². The Morgan fingerprint density at radius 1 is 1.29 bits per heavy atom. The standard InChI is InChI=1S/C17H17NO3/c1-21-16(20)14-10-6-8-11(9-7-10)17(14)15(19)12-4-2-3-5-13(12)18-17/h2-6,8,10-11,14,18H,7,9H2,1H3/t10-,11+,14+,17+/m0/s1. The van der Waals surface area contributed by atoms with Crippen LogP contribution < -0.4 is 5.32 Å². The number of methoxy groups -OCH3 is 1. The number of ether oxygens (including phenoxy) is 1. The number of esters is 1. The maximum atomic E-state index is 13.1. The van der Waals surface area contributed by atoms with Gasteiger partial charge in [0.1, 0.15) is 5.54 Å². The molecule has 1 spiro atoms. The van der Waals surface area contributed by atoms with Crippen molar-refractivity contribution in [3.05, 3.63) is 42.0 Å². The lowest BCUT2D eigenvalue weighted by atomic mass is 9.56. The van der Waals surface area contributed by atoms with Gasteiger partial charge in [0.05, 0.1) is 13.0 Å². The zero-order valence-electron chi connectivity index (χ0n) is 11.8. The second kappa shape index (κ2) is 4.20. The van der Waals surface area contributed by atoms with Crippen LogP contribution in [0.4, 0.5) is 5.69 Å². The Bertz CT molecular complexity index is 666. The number of hydrogen-bond acceptors (Lipinski definition) is 4. The molecule has 1 fully saturated rings. The number of anilines is 1. The molecule has 1 N–H and O–H groups in total. The van der Waals surface area contributed by atoms with Gasteiger partial charge in [0, 0.05) is 17.2 Å². The summed E-state index contributed by atoms with van der Waals surface area (Å²) in [6.45, 7) is 0. The van der Waals surface area contributed by atoms with E-state index in [0.717, 1.165) is 18.5 Å². The molecule has 3 aliphatic carbocycles. The molecule has 0 radical (unpaired) electrons. The maximum Gasteiger partial charge on any atom is 0.312 e. The number of para-hydroxylation sites is 1. The average molecular weight is 283 g/mol. The summed E-state index contributed by atoms with van der Waals surface area (Å²) in [5.74, 6) is -0.568. The number of fused-ring (bicyclic) bond motifs is 2. The lowest BCUT2D eigenvalue weighted by Gasteiger charge is -2.50. The largest absolute Gasteiger partial charge is 0.469 e. The number of benzene rings is 1. The van der Waals surface area contributed by atoms with E-state index in [2.05, 4.69) is 17.5 Å². The third kappa shape index (κ3) is 1.45. The Morgan fingerprint density at radius 3 is 2.76 bits per heavy atom. The van der Waals surface area contributed by atoms with Gasteiger partial charge in [0.15, 0.2) is 5.78 Å². The molecule has 5 rings (SSSR count). The predicted molar refractivity (Wildman–Crippen MR) is 78.0 cm³/mol. The smallest absolute Gasteiger partial charge is 0.312 e. The van der Waals surface area contributed by atoms with Crippen LogP contribution in [-0.4, -0.2) is 24.4 Å². The minimum Gasteiger partial charge on any atom is -0.469 e. The topological polar surface area (TPSA) is 55.4 Å². The van der Waals surface area contributed by atoms with E-state index in [-0.39, 0.29) is 23.6 Å². The Kier molecular flexibility index (Phi) is 2.52. The fourth-order valence-corrected chi connectivity index (χ4v) is 4.33. The number of carbonyl (C=O) groups excluding carboxylic acids is 2. The van der Waals surface area contributed by atoms with Crippen LogP contribution in [0.1, 0.15) is 23.2 Å². The van der Waals surface area contributed by atoms with Crippen LogP contribution in [-0.2, 0) is 9.53 Å². The fraction of sp³-hybridized carbons (Fsp3) is 0.412. The second-order valence-electron chi connectivity index (χ2n) is 6.10. The Morgan fingerprint density at radius 2 is 2.10 bits per heavy atom. The zero-order valence-corrected chi connectivity index (χ0v) is 11.8. The van der Waals surface area contributed by atoms with E-state index >= 15 is 0 Å². The van der Waals surface area contributed by atoms with Gasteiger partial charge in [-0.25, -0.2) is 0 Å². The van der Waals surface area contributed by atoms with E-state index in [1.54, 1.807) is 0 Å².